The number of amides is 1. The standard InChI is InChI=1S/C21H25ClN2O2S/c1-16(23-20(25)15-27-19-10-6-5-9-18(19)22)21(17-7-3-2-4-8-17)24-11-13-26-14-12-24/h2-10,16,21H,11-15H2,1H3,(H,23,25)/p+1/t16-,21-/m1/s1. The molecule has 1 aliphatic rings. The molecule has 1 amide bonds. The van der Waals surface area contributed by atoms with Crippen LogP contribution in [-0.4, -0.2) is 44.0 Å². The van der Waals surface area contributed by atoms with E-state index in [0.717, 1.165) is 31.2 Å². The molecule has 1 saturated heterocycles. The molecule has 2 atom stereocenters. The lowest BCUT2D eigenvalue weighted by atomic mass is 9.98. The fourth-order valence-electron chi connectivity index (χ4n) is 3.57. The lowest BCUT2D eigenvalue weighted by Gasteiger charge is -2.35. The first kappa shape index (κ1) is 20.2. The third-order valence-corrected chi connectivity index (χ3v) is 6.33. The average Bonchev–Trinajstić information content (AvgIpc) is 2.69. The third-order valence-electron chi connectivity index (χ3n) is 4.82. The summed E-state index contributed by atoms with van der Waals surface area (Å²) >= 11 is 7.65. The van der Waals surface area contributed by atoms with Crippen molar-refractivity contribution in [1.82, 2.24) is 5.32 Å². The fourth-order valence-corrected chi connectivity index (χ4v) is 4.62. The molecule has 6 heteroatoms. The summed E-state index contributed by atoms with van der Waals surface area (Å²) in [5.41, 5.74) is 1.25. The summed E-state index contributed by atoms with van der Waals surface area (Å²) in [6, 6.07) is 18.3. The van der Waals surface area contributed by atoms with Gasteiger partial charge in [0.25, 0.3) is 0 Å². The first-order valence-electron chi connectivity index (χ1n) is 9.29. The molecule has 3 rings (SSSR count). The van der Waals surface area contributed by atoms with Gasteiger partial charge in [-0.2, -0.15) is 0 Å². The predicted molar refractivity (Wildman–Crippen MR) is 110 cm³/mol. The van der Waals surface area contributed by atoms with Crippen molar-refractivity contribution in [3.8, 4) is 0 Å². The van der Waals surface area contributed by atoms with Gasteiger partial charge in [0.2, 0.25) is 5.91 Å². The van der Waals surface area contributed by atoms with Gasteiger partial charge in [0.1, 0.15) is 19.1 Å². The van der Waals surface area contributed by atoms with Gasteiger partial charge in [-0.1, -0.05) is 54.1 Å². The molecule has 0 unspecified atom stereocenters. The Kier molecular flexibility index (Phi) is 7.59. The molecule has 2 aromatic rings. The maximum absolute atomic E-state index is 12.5. The minimum absolute atomic E-state index is 0.0276. The van der Waals surface area contributed by atoms with E-state index >= 15 is 0 Å². The molecule has 4 nitrogen and oxygen atoms in total. The second kappa shape index (κ2) is 10.1. The Bertz CT molecular complexity index is 738. The molecular weight excluding hydrogens is 380 g/mol. The van der Waals surface area contributed by atoms with E-state index in [9.17, 15) is 4.79 Å². The summed E-state index contributed by atoms with van der Waals surface area (Å²) in [6.45, 7) is 5.53. The number of ether oxygens (including phenoxy) is 1. The van der Waals surface area contributed by atoms with Gasteiger partial charge < -0.3 is 15.0 Å². The lowest BCUT2D eigenvalue weighted by molar-refractivity contribution is -0.940. The molecule has 0 aromatic heterocycles. The van der Waals surface area contributed by atoms with Crippen LogP contribution in [0.5, 0.6) is 0 Å². The first-order valence-corrected chi connectivity index (χ1v) is 10.7. The zero-order valence-corrected chi connectivity index (χ0v) is 17.1. The minimum Gasteiger partial charge on any atom is -0.370 e. The van der Waals surface area contributed by atoms with Crippen LogP contribution in [0.25, 0.3) is 0 Å². The van der Waals surface area contributed by atoms with Crippen LogP contribution in [0.15, 0.2) is 59.5 Å². The van der Waals surface area contributed by atoms with E-state index in [1.807, 2.05) is 30.3 Å². The Morgan fingerprint density at radius 3 is 2.52 bits per heavy atom. The van der Waals surface area contributed by atoms with E-state index in [1.54, 1.807) is 0 Å². The van der Waals surface area contributed by atoms with Crippen molar-refractivity contribution in [1.29, 1.82) is 0 Å². The topological polar surface area (TPSA) is 42.8 Å². The van der Waals surface area contributed by atoms with Crippen molar-refractivity contribution in [2.45, 2.75) is 23.9 Å². The second-order valence-electron chi connectivity index (χ2n) is 6.73. The number of hydrogen-bond donors (Lipinski definition) is 2. The van der Waals surface area contributed by atoms with Crippen molar-refractivity contribution >= 4 is 29.3 Å². The van der Waals surface area contributed by atoms with Crippen LogP contribution in [0.4, 0.5) is 0 Å². The second-order valence-corrected chi connectivity index (χ2v) is 8.16. The van der Waals surface area contributed by atoms with Crippen LogP contribution >= 0.6 is 23.4 Å². The van der Waals surface area contributed by atoms with Crippen molar-refractivity contribution in [2.24, 2.45) is 0 Å². The Labute approximate surface area is 170 Å². The van der Waals surface area contributed by atoms with E-state index in [-0.39, 0.29) is 18.0 Å². The van der Waals surface area contributed by atoms with Crippen LogP contribution in [0.3, 0.4) is 0 Å². The summed E-state index contributed by atoms with van der Waals surface area (Å²) in [4.78, 5) is 14.9. The molecule has 0 radical (unpaired) electrons. The maximum atomic E-state index is 12.5. The zero-order chi connectivity index (χ0) is 19.1. The summed E-state index contributed by atoms with van der Waals surface area (Å²) in [7, 11) is 0. The number of carbonyl (C=O) groups is 1. The highest BCUT2D eigenvalue weighted by atomic mass is 35.5. The van der Waals surface area contributed by atoms with Gasteiger partial charge in [-0.3, -0.25) is 4.79 Å². The van der Waals surface area contributed by atoms with E-state index < -0.39 is 0 Å². The van der Waals surface area contributed by atoms with Crippen LogP contribution in [-0.2, 0) is 9.53 Å². The van der Waals surface area contributed by atoms with Crippen LogP contribution < -0.4 is 10.2 Å². The molecule has 144 valence electrons. The number of carbonyl (C=O) groups excluding carboxylic acids is 1. The molecule has 1 fully saturated rings. The Balaban J connectivity index is 1.64. The van der Waals surface area contributed by atoms with Crippen LogP contribution in [0.2, 0.25) is 5.02 Å². The van der Waals surface area contributed by atoms with E-state index in [4.69, 9.17) is 16.3 Å². The van der Waals surface area contributed by atoms with Gasteiger partial charge in [0, 0.05) is 10.5 Å². The number of halogens is 1. The van der Waals surface area contributed by atoms with Gasteiger partial charge >= 0.3 is 0 Å². The van der Waals surface area contributed by atoms with Crippen LogP contribution in [0.1, 0.15) is 18.5 Å². The normalized spacial score (nSPS) is 17.3. The van der Waals surface area contributed by atoms with Gasteiger partial charge in [0.05, 0.1) is 30.0 Å². The van der Waals surface area contributed by atoms with E-state index in [0.29, 0.717) is 10.8 Å². The predicted octanol–water partition coefficient (Wildman–Crippen LogP) is 2.59. The van der Waals surface area contributed by atoms with Gasteiger partial charge in [-0.25, -0.2) is 0 Å². The number of hydrogen-bond acceptors (Lipinski definition) is 3. The Morgan fingerprint density at radius 2 is 1.81 bits per heavy atom. The smallest absolute Gasteiger partial charge is 0.230 e. The van der Waals surface area contributed by atoms with Crippen molar-refractivity contribution in [3.63, 3.8) is 0 Å². The molecule has 0 spiro atoms. The van der Waals surface area contributed by atoms with Crippen molar-refractivity contribution in [2.75, 3.05) is 32.1 Å². The number of rotatable bonds is 7. The summed E-state index contributed by atoms with van der Waals surface area (Å²) in [5.74, 6) is 0.384. The zero-order valence-electron chi connectivity index (χ0n) is 15.5. The number of nitrogens with one attached hydrogen (secondary N) is 2. The van der Waals surface area contributed by atoms with Gasteiger partial charge in [0.15, 0.2) is 0 Å². The average molecular weight is 406 g/mol. The molecule has 0 aliphatic carbocycles. The highest BCUT2D eigenvalue weighted by Crippen LogP contribution is 2.26. The monoisotopic (exact) mass is 405 g/mol. The van der Waals surface area contributed by atoms with Gasteiger partial charge in [-0.15, -0.1) is 11.8 Å². The van der Waals surface area contributed by atoms with E-state index in [1.165, 1.54) is 22.2 Å². The fraction of sp³-hybridized carbons (Fsp3) is 0.381. The Morgan fingerprint density at radius 1 is 1.15 bits per heavy atom. The molecule has 2 N–H and O–H groups in total. The van der Waals surface area contributed by atoms with E-state index in [2.05, 4.69) is 36.5 Å². The minimum atomic E-state index is 0.0276. The summed E-state index contributed by atoms with van der Waals surface area (Å²) in [5, 5.41) is 3.88. The lowest BCUT2D eigenvalue weighted by Crippen LogP contribution is -3.15. The van der Waals surface area contributed by atoms with Crippen molar-refractivity contribution < 1.29 is 14.4 Å². The molecular formula is C21H26ClN2O2S+. The molecule has 27 heavy (non-hydrogen) atoms. The summed E-state index contributed by atoms with van der Waals surface area (Å²) in [6.07, 6.45) is 0. The molecule has 0 bridgehead atoms. The van der Waals surface area contributed by atoms with Crippen LogP contribution in [0, 0.1) is 0 Å². The highest BCUT2D eigenvalue weighted by molar-refractivity contribution is 8.00. The van der Waals surface area contributed by atoms with Crippen molar-refractivity contribution in [3.05, 3.63) is 65.2 Å². The maximum Gasteiger partial charge on any atom is 0.230 e. The number of quaternary nitrogens is 1. The number of morpholine rings is 1. The largest absolute Gasteiger partial charge is 0.370 e. The SMILES string of the molecule is C[C@@H](NC(=O)CSc1ccccc1Cl)[C@H](c1ccccc1)[NH+]1CCOCC1. The molecule has 1 heterocycles. The molecule has 1 aliphatic heterocycles. The number of thioether (sulfide) groups is 1. The first-order chi connectivity index (χ1) is 13.1. The quantitative estimate of drug-likeness (QED) is 0.696. The summed E-state index contributed by atoms with van der Waals surface area (Å²) < 4.78 is 5.52. The molecule has 0 saturated carbocycles. The molecule has 2 aromatic carbocycles. The third kappa shape index (κ3) is 5.72. The Hall–Kier alpha value is -1.53. The highest BCUT2D eigenvalue weighted by Gasteiger charge is 2.32. The van der Waals surface area contributed by atoms with Gasteiger partial charge in [-0.05, 0) is 19.1 Å². The number of benzene rings is 2.